The number of para-hydroxylation sites is 6. The normalized spacial score (nSPS) is 13.2. The van der Waals surface area contributed by atoms with E-state index in [0.717, 1.165) is 94.0 Å². The van der Waals surface area contributed by atoms with Gasteiger partial charge in [0.05, 0.1) is 17.1 Å². The largest absolute Gasteiger partial charge is 0.458 e. The summed E-state index contributed by atoms with van der Waals surface area (Å²) in [6.45, 7) is -2.38. The molecular weight excluding hydrogens is 1410 g/mol. The molecule has 6 aliphatic heterocycles. The molecule has 24 heteroatoms. The van der Waals surface area contributed by atoms with Gasteiger partial charge in [0.1, 0.15) is 150 Å². The highest BCUT2D eigenvalue weighted by Crippen LogP contribution is 2.52. The van der Waals surface area contributed by atoms with Gasteiger partial charge in [-0.2, -0.15) is 0 Å². The maximum atomic E-state index is 16.4. The lowest BCUT2D eigenvalue weighted by atomic mass is 9.31. The van der Waals surface area contributed by atoms with Gasteiger partial charge in [0.25, 0.3) is 20.1 Å². The summed E-state index contributed by atoms with van der Waals surface area (Å²) in [6.07, 6.45) is 0. The number of hydrogen-bond donors (Lipinski definition) is 0. The third-order valence-corrected chi connectivity index (χ3v) is 22.6. The van der Waals surface area contributed by atoms with E-state index >= 15 is 43.9 Å². The van der Waals surface area contributed by atoms with E-state index in [4.69, 9.17) is 28.4 Å². The topological polar surface area (TPSA) is 65.1 Å². The van der Waals surface area contributed by atoms with Gasteiger partial charge < -0.3 is 33.3 Å². The Balaban J connectivity index is 0.795. The minimum absolute atomic E-state index is 0.0646. The van der Waals surface area contributed by atoms with E-state index in [1.165, 1.54) is 71.2 Å². The predicted molar refractivity (Wildman–Crippen MR) is 394 cm³/mol. The fourth-order valence-corrected chi connectivity index (χ4v) is 18.3. The van der Waals surface area contributed by atoms with E-state index < -0.39 is 101 Å². The second-order valence-corrected chi connectivity index (χ2v) is 28.3. The van der Waals surface area contributed by atoms with Gasteiger partial charge >= 0.3 is 0 Å². The lowest BCUT2D eigenvalue weighted by Crippen LogP contribution is -2.62. The van der Waals surface area contributed by atoms with Gasteiger partial charge in [-0.15, -0.1) is 22.7 Å². The molecule has 21 rings (SSSR count). The molecule has 6 aliphatic rings. The predicted octanol–water partition coefficient (Wildman–Crippen LogP) is 18.1. The number of benzene rings is 13. The van der Waals surface area contributed by atoms with Crippen molar-refractivity contribution in [2.45, 2.75) is 0 Å². The van der Waals surface area contributed by atoms with Crippen molar-refractivity contribution >= 4 is 162 Å². The molecule has 8 heterocycles. The van der Waals surface area contributed by atoms with Crippen molar-refractivity contribution in [1.29, 1.82) is 0 Å². The number of thiophene rings is 2. The van der Waals surface area contributed by atoms with E-state index in [1.807, 2.05) is 89.8 Å². The summed E-state index contributed by atoms with van der Waals surface area (Å²) >= 11 is 2.70. The van der Waals surface area contributed by atoms with Crippen molar-refractivity contribution in [2.75, 3.05) is 14.7 Å². The molecule has 0 amide bonds. The standard InChI is InChI=1S/C82H38B3F10N3O6S2/c86-39-23-25-70-46(27-39)79-81(105-70)84-50-35-48-60(37-62(50)101-66-31-44(33-68(103-79)73(66)84)97(75-52(88)15-7-16-53(75)89)76-54(90)17-8-18-55(76)91)99-64-29-43(96(41-11-3-1-4-12-41)42-13-5-2-6-14-42)30-65-72(64)83(48)49-36-51-63(38-61(49)100-65)102-67-32-45(98(77-56(92)19-9-20-57(77)93)78-58(94)21-10-22-59(78)95)34-69-74(67)85(51)82-80(104-69)47-28-40(87)24-26-71(47)106-82/h1-38H. The highest BCUT2D eigenvalue weighted by atomic mass is 32.1. The minimum atomic E-state index is -1.14. The van der Waals surface area contributed by atoms with Crippen molar-refractivity contribution in [1.82, 2.24) is 0 Å². The molecule has 0 unspecified atom stereocenters. The van der Waals surface area contributed by atoms with Crippen LogP contribution in [0.4, 0.5) is 95.1 Å². The highest BCUT2D eigenvalue weighted by molar-refractivity contribution is 7.33. The Morgan fingerprint density at radius 3 is 0.868 bits per heavy atom. The van der Waals surface area contributed by atoms with Gasteiger partial charge in [-0.3, -0.25) is 9.80 Å². The zero-order chi connectivity index (χ0) is 71.4. The van der Waals surface area contributed by atoms with Gasteiger partial charge in [0.15, 0.2) is 0 Å². The first-order chi connectivity index (χ1) is 51.6. The average Bonchev–Trinajstić information content (AvgIpc) is 1.14. The van der Waals surface area contributed by atoms with Gasteiger partial charge in [0.2, 0.25) is 0 Å². The van der Waals surface area contributed by atoms with Crippen molar-refractivity contribution in [3.63, 3.8) is 0 Å². The Morgan fingerprint density at radius 2 is 0.538 bits per heavy atom. The third-order valence-electron chi connectivity index (χ3n) is 20.2. The molecule has 0 spiro atoms. The number of halogens is 10. The van der Waals surface area contributed by atoms with E-state index in [1.54, 1.807) is 24.3 Å². The fraction of sp³-hybridized carbons (Fsp3) is 0. The van der Waals surface area contributed by atoms with Crippen LogP contribution in [0.5, 0.6) is 69.0 Å². The van der Waals surface area contributed by atoms with Gasteiger partial charge in [-0.1, -0.05) is 72.8 Å². The molecule has 0 aliphatic carbocycles. The zero-order valence-electron chi connectivity index (χ0n) is 54.1. The van der Waals surface area contributed by atoms with Crippen LogP contribution in [0.2, 0.25) is 0 Å². The molecule has 0 bridgehead atoms. The third kappa shape index (κ3) is 9.19. The van der Waals surface area contributed by atoms with Crippen molar-refractivity contribution < 1.29 is 72.3 Å². The molecule has 13 aromatic carbocycles. The number of rotatable bonds is 9. The molecule has 0 atom stereocenters. The SMILES string of the molecule is Fc1ccc2sc3c(c2c1)Oc1cc(N(c2c(F)cccc2F)c2c(F)cccc2F)cc2c1B3c1cc3c(cc1O2)Oc1cc(N(c2ccccc2)c2ccccc2)cc2c1B3c1cc3c(cc1O2)Oc1cc(N(c2c(F)cccc2F)c2c(F)cccc2F)cc2c1B3c1sc3ccc(F)cc3c1O2. The quantitative estimate of drug-likeness (QED) is 0.104. The molecular formula is C82H38B3F10N3O6S2. The number of fused-ring (bicyclic) bond motifs is 16. The summed E-state index contributed by atoms with van der Waals surface area (Å²) in [7, 11) is 0. The van der Waals surface area contributed by atoms with Gasteiger partial charge in [-0.05, 0) is 131 Å². The smallest absolute Gasteiger partial charge is 0.273 e. The van der Waals surface area contributed by atoms with Crippen LogP contribution in [0.25, 0.3) is 20.2 Å². The Hall–Kier alpha value is -12.5. The summed E-state index contributed by atoms with van der Waals surface area (Å²) in [5.41, 5.74) is 2.50. The second-order valence-electron chi connectivity index (χ2n) is 26.2. The minimum Gasteiger partial charge on any atom is -0.458 e. The number of anilines is 9. The maximum Gasteiger partial charge on any atom is 0.273 e. The average molecular weight is 1450 g/mol. The van der Waals surface area contributed by atoms with Crippen LogP contribution >= 0.6 is 22.7 Å². The van der Waals surface area contributed by atoms with Gasteiger partial charge in [-0.25, -0.2) is 43.9 Å². The first-order valence-electron chi connectivity index (χ1n) is 33.3. The first-order valence-corrected chi connectivity index (χ1v) is 34.9. The molecule has 0 saturated heterocycles. The number of nitrogens with zero attached hydrogens (tertiary/aromatic N) is 3. The summed E-state index contributed by atoms with van der Waals surface area (Å²) in [4.78, 5) is 3.64. The Bertz CT molecular complexity index is 5850. The summed E-state index contributed by atoms with van der Waals surface area (Å²) in [5.74, 6) is -7.60. The second kappa shape index (κ2) is 23.0. The van der Waals surface area contributed by atoms with E-state index in [0.29, 0.717) is 96.7 Å². The molecule has 0 saturated carbocycles. The van der Waals surface area contributed by atoms with Crippen LogP contribution in [0.1, 0.15) is 0 Å². The summed E-state index contributed by atoms with van der Waals surface area (Å²) < 4.78 is 207. The molecule has 2 aromatic heterocycles. The molecule has 508 valence electrons. The van der Waals surface area contributed by atoms with Crippen molar-refractivity contribution in [3.05, 3.63) is 289 Å². The maximum absolute atomic E-state index is 16.4. The monoisotopic (exact) mass is 1450 g/mol. The molecule has 15 aromatic rings. The molecule has 0 fully saturated rings. The van der Waals surface area contributed by atoms with Crippen LogP contribution in [0, 0.1) is 58.2 Å². The Labute approximate surface area is 603 Å². The zero-order valence-corrected chi connectivity index (χ0v) is 55.7. The fourth-order valence-electron chi connectivity index (χ4n) is 15.9. The molecule has 9 nitrogen and oxygen atoms in total. The molecule has 106 heavy (non-hydrogen) atoms. The van der Waals surface area contributed by atoms with Crippen LogP contribution < -0.4 is 90.9 Å². The Kier molecular flexibility index (Phi) is 13.5. The first kappa shape index (κ1) is 62.1. The lowest BCUT2D eigenvalue weighted by molar-refractivity contribution is 0.449. The molecule has 0 N–H and O–H groups in total. The molecule has 0 radical (unpaired) electrons. The van der Waals surface area contributed by atoms with Crippen molar-refractivity contribution in [3.8, 4) is 69.0 Å². The summed E-state index contributed by atoms with van der Waals surface area (Å²) in [6, 6.07) is 57.2. The number of hydrogen-bond acceptors (Lipinski definition) is 11. The van der Waals surface area contributed by atoms with E-state index in [9.17, 15) is 0 Å². The van der Waals surface area contributed by atoms with Crippen LogP contribution in [0.15, 0.2) is 231 Å². The van der Waals surface area contributed by atoms with Crippen molar-refractivity contribution in [2.24, 2.45) is 0 Å². The lowest BCUT2D eigenvalue weighted by Gasteiger charge is -2.38. The van der Waals surface area contributed by atoms with Crippen LogP contribution in [0.3, 0.4) is 0 Å². The summed E-state index contributed by atoms with van der Waals surface area (Å²) in [5, 5.41) is 0.806. The number of ether oxygens (including phenoxy) is 6. The Morgan fingerprint density at radius 1 is 0.245 bits per heavy atom. The van der Waals surface area contributed by atoms with Gasteiger partial charge in [0, 0.05) is 106 Å². The van der Waals surface area contributed by atoms with Crippen LogP contribution in [-0.2, 0) is 0 Å². The van der Waals surface area contributed by atoms with E-state index in [2.05, 4.69) is 0 Å². The van der Waals surface area contributed by atoms with E-state index in [-0.39, 0.29) is 57.4 Å². The highest BCUT2D eigenvalue weighted by Gasteiger charge is 2.50. The van der Waals surface area contributed by atoms with Crippen LogP contribution in [-0.4, -0.2) is 20.1 Å².